The van der Waals surface area contributed by atoms with E-state index in [0.29, 0.717) is 31.8 Å². The smallest absolute Gasteiger partial charge is 0.306 e. The Hall–Kier alpha value is -2.67. The average Bonchev–Trinajstić information content (AvgIpc) is 2.91. The summed E-state index contributed by atoms with van der Waals surface area (Å²) in [6.07, 6.45) is -0.551. The van der Waals surface area contributed by atoms with Gasteiger partial charge in [0.15, 0.2) is 0 Å². The molecule has 2 aromatic rings. The molecule has 0 radical (unpaired) electrons. The van der Waals surface area contributed by atoms with E-state index < -0.39 is 12.1 Å². The number of nitrogens with zero attached hydrogens (tertiary/aromatic N) is 3. The van der Waals surface area contributed by atoms with Crippen molar-refractivity contribution in [3.63, 3.8) is 0 Å². The Labute approximate surface area is 152 Å². The molecule has 2 heterocycles. The topological polar surface area (TPSA) is 84.7 Å². The molecule has 1 aliphatic rings. The molecule has 0 saturated carbocycles. The van der Waals surface area contributed by atoms with Crippen LogP contribution in [0.25, 0.3) is 0 Å². The summed E-state index contributed by atoms with van der Waals surface area (Å²) >= 11 is 0. The Balaban J connectivity index is 1.71. The number of aliphatic carboxylic acids is 1. The lowest BCUT2D eigenvalue weighted by Crippen LogP contribution is -2.46. The second-order valence-corrected chi connectivity index (χ2v) is 6.63. The van der Waals surface area contributed by atoms with Gasteiger partial charge in [-0.15, -0.1) is 0 Å². The van der Waals surface area contributed by atoms with Gasteiger partial charge in [0.1, 0.15) is 0 Å². The lowest BCUT2D eigenvalue weighted by atomic mass is 10.1. The third-order valence-corrected chi connectivity index (χ3v) is 4.44. The Kier molecular flexibility index (Phi) is 5.37. The third-order valence-electron chi connectivity index (χ3n) is 4.44. The van der Waals surface area contributed by atoms with E-state index in [2.05, 4.69) is 5.10 Å². The number of ether oxygens (including phenoxy) is 1. The van der Waals surface area contributed by atoms with Crippen LogP contribution in [0.1, 0.15) is 33.7 Å². The van der Waals surface area contributed by atoms with Gasteiger partial charge in [0.2, 0.25) is 0 Å². The Morgan fingerprint density at radius 3 is 2.81 bits per heavy atom. The zero-order chi connectivity index (χ0) is 18.7. The molecule has 1 aliphatic heterocycles. The molecule has 7 nitrogen and oxygen atoms in total. The number of aromatic nitrogens is 2. The monoisotopic (exact) mass is 357 g/mol. The van der Waals surface area contributed by atoms with E-state index in [4.69, 9.17) is 9.84 Å². The number of carboxylic acid groups (broad SMARTS) is 1. The van der Waals surface area contributed by atoms with E-state index in [1.165, 1.54) is 0 Å². The molecule has 1 fully saturated rings. The molecule has 1 saturated heterocycles. The number of carbonyl (C=O) groups excluding carboxylic acids is 1. The van der Waals surface area contributed by atoms with Crippen LogP contribution < -0.4 is 0 Å². The van der Waals surface area contributed by atoms with Crippen molar-refractivity contribution < 1.29 is 19.4 Å². The fraction of sp³-hybridized carbons (Fsp3) is 0.421. The maximum atomic E-state index is 12.8. The number of benzene rings is 1. The Morgan fingerprint density at radius 2 is 2.12 bits per heavy atom. The maximum Gasteiger partial charge on any atom is 0.306 e. The highest BCUT2D eigenvalue weighted by Crippen LogP contribution is 2.15. The minimum absolute atomic E-state index is 0.0955. The summed E-state index contributed by atoms with van der Waals surface area (Å²) in [7, 11) is 0. The first-order valence-corrected chi connectivity index (χ1v) is 8.65. The van der Waals surface area contributed by atoms with Crippen LogP contribution in [0.15, 0.2) is 30.3 Å². The van der Waals surface area contributed by atoms with Crippen molar-refractivity contribution in [2.75, 3.05) is 19.7 Å². The summed E-state index contributed by atoms with van der Waals surface area (Å²) in [5.41, 5.74) is 3.63. The van der Waals surface area contributed by atoms with Gasteiger partial charge < -0.3 is 14.7 Å². The summed E-state index contributed by atoms with van der Waals surface area (Å²) in [6, 6.07) is 9.52. The van der Waals surface area contributed by atoms with Crippen LogP contribution in [-0.4, -0.2) is 57.5 Å². The largest absolute Gasteiger partial charge is 0.481 e. The van der Waals surface area contributed by atoms with Crippen LogP contribution in [0.2, 0.25) is 0 Å². The Morgan fingerprint density at radius 1 is 1.31 bits per heavy atom. The van der Waals surface area contributed by atoms with Crippen molar-refractivity contribution in [3.8, 4) is 0 Å². The normalized spacial score (nSPS) is 17.3. The predicted octanol–water partition coefficient (Wildman–Crippen LogP) is 1.86. The molecule has 3 rings (SSSR count). The summed E-state index contributed by atoms with van der Waals surface area (Å²) in [4.78, 5) is 25.3. The highest BCUT2D eigenvalue weighted by Gasteiger charge is 2.26. The molecule has 1 atom stereocenters. The molecule has 0 spiro atoms. The number of rotatable bonds is 5. The molecule has 0 aliphatic carbocycles. The van der Waals surface area contributed by atoms with Gasteiger partial charge in [-0.2, -0.15) is 5.10 Å². The molecule has 0 bridgehead atoms. The molecule has 1 aromatic heterocycles. The minimum Gasteiger partial charge on any atom is -0.481 e. The van der Waals surface area contributed by atoms with Gasteiger partial charge in [-0.3, -0.25) is 14.3 Å². The number of amides is 1. The minimum atomic E-state index is -0.920. The molecule has 1 N–H and O–H groups in total. The van der Waals surface area contributed by atoms with Crippen LogP contribution in [0, 0.1) is 13.8 Å². The van der Waals surface area contributed by atoms with Crippen molar-refractivity contribution in [1.82, 2.24) is 14.7 Å². The van der Waals surface area contributed by atoms with E-state index in [9.17, 15) is 9.59 Å². The van der Waals surface area contributed by atoms with E-state index in [-0.39, 0.29) is 12.3 Å². The fourth-order valence-corrected chi connectivity index (χ4v) is 3.22. The fourth-order valence-electron chi connectivity index (χ4n) is 3.22. The Bertz CT molecular complexity index is 815. The number of aryl methyl sites for hydroxylation is 2. The zero-order valence-corrected chi connectivity index (χ0v) is 15.0. The molecule has 1 amide bonds. The third kappa shape index (κ3) is 4.29. The average molecular weight is 357 g/mol. The number of hydrogen-bond donors (Lipinski definition) is 1. The van der Waals surface area contributed by atoms with Crippen molar-refractivity contribution >= 4 is 11.9 Å². The highest BCUT2D eigenvalue weighted by molar-refractivity contribution is 5.94. The summed E-state index contributed by atoms with van der Waals surface area (Å²) in [5.74, 6) is -1.02. The summed E-state index contributed by atoms with van der Waals surface area (Å²) in [6.45, 7) is 5.69. The van der Waals surface area contributed by atoms with Crippen LogP contribution in [-0.2, 0) is 16.1 Å². The van der Waals surface area contributed by atoms with Gasteiger partial charge in [0.05, 0.1) is 31.4 Å². The van der Waals surface area contributed by atoms with Gasteiger partial charge in [-0.05, 0) is 37.6 Å². The number of carbonyl (C=O) groups is 2. The molecule has 7 heteroatoms. The molecular weight excluding hydrogens is 334 g/mol. The molecule has 138 valence electrons. The molecule has 1 unspecified atom stereocenters. The van der Waals surface area contributed by atoms with Crippen LogP contribution in [0.5, 0.6) is 0 Å². The quantitative estimate of drug-likeness (QED) is 0.883. The van der Waals surface area contributed by atoms with Crippen LogP contribution >= 0.6 is 0 Å². The second-order valence-electron chi connectivity index (χ2n) is 6.63. The van der Waals surface area contributed by atoms with Crippen LogP contribution in [0.3, 0.4) is 0 Å². The zero-order valence-electron chi connectivity index (χ0n) is 15.0. The summed E-state index contributed by atoms with van der Waals surface area (Å²) in [5, 5.41) is 13.4. The van der Waals surface area contributed by atoms with E-state index in [1.807, 2.05) is 42.8 Å². The first-order valence-electron chi connectivity index (χ1n) is 8.65. The van der Waals surface area contributed by atoms with Crippen molar-refractivity contribution in [1.29, 1.82) is 0 Å². The van der Waals surface area contributed by atoms with Crippen LogP contribution in [0.4, 0.5) is 0 Å². The predicted molar refractivity (Wildman–Crippen MR) is 95.1 cm³/mol. The number of carboxylic acids is 1. The van der Waals surface area contributed by atoms with E-state index in [1.54, 1.807) is 11.0 Å². The molecule has 1 aromatic carbocycles. The highest BCUT2D eigenvalue weighted by atomic mass is 16.5. The number of morpholine rings is 1. The maximum absolute atomic E-state index is 12.8. The van der Waals surface area contributed by atoms with Gasteiger partial charge >= 0.3 is 5.97 Å². The van der Waals surface area contributed by atoms with Gasteiger partial charge in [-0.25, -0.2) is 0 Å². The molecular formula is C19H23N3O4. The number of hydrogen-bond acceptors (Lipinski definition) is 4. The first-order chi connectivity index (χ1) is 12.4. The van der Waals surface area contributed by atoms with Gasteiger partial charge in [-0.1, -0.05) is 12.1 Å². The van der Waals surface area contributed by atoms with Gasteiger partial charge in [0.25, 0.3) is 5.91 Å². The standard InChI is InChI=1S/C19H23N3O4/c1-13-8-14(2)22(20-13)11-15-4-3-5-16(9-15)19(25)21-6-7-26-17(12-21)10-18(23)24/h3-5,8-9,17H,6-7,10-12H2,1-2H3,(H,23,24). The first kappa shape index (κ1) is 18.1. The summed E-state index contributed by atoms with van der Waals surface area (Å²) < 4.78 is 7.35. The van der Waals surface area contributed by atoms with E-state index >= 15 is 0 Å². The SMILES string of the molecule is Cc1cc(C)n(Cc2cccc(C(=O)N3CCOC(CC(=O)O)C3)c2)n1. The van der Waals surface area contributed by atoms with Crippen molar-refractivity contribution in [2.45, 2.75) is 32.9 Å². The van der Waals surface area contributed by atoms with Crippen molar-refractivity contribution in [2.24, 2.45) is 0 Å². The van der Waals surface area contributed by atoms with Gasteiger partial charge in [0, 0.05) is 24.3 Å². The second kappa shape index (κ2) is 7.70. The lowest BCUT2D eigenvalue weighted by molar-refractivity contribution is -0.141. The molecule has 26 heavy (non-hydrogen) atoms. The van der Waals surface area contributed by atoms with E-state index in [0.717, 1.165) is 17.0 Å². The van der Waals surface area contributed by atoms with Crippen molar-refractivity contribution in [3.05, 3.63) is 52.8 Å². The lowest BCUT2D eigenvalue weighted by Gasteiger charge is -2.32.